The topological polar surface area (TPSA) is 38.5 Å². The molecule has 0 radical (unpaired) electrons. The van der Waals surface area contributed by atoms with Crippen LogP contribution in [0.5, 0.6) is 5.75 Å². The number of nitrogens with two attached hydrogens (primary N) is 1. The lowest BCUT2D eigenvalue weighted by atomic mass is 9.98. The summed E-state index contributed by atoms with van der Waals surface area (Å²) in [5, 5.41) is 0. The van der Waals surface area contributed by atoms with Gasteiger partial charge < -0.3 is 15.4 Å². The Labute approximate surface area is 114 Å². The molecule has 1 aromatic carbocycles. The van der Waals surface area contributed by atoms with E-state index in [1.165, 1.54) is 32.4 Å². The fourth-order valence-corrected chi connectivity index (χ4v) is 2.80. The van der Waals surface area contributed by atoms with Crippen molar-refractivity contribution in [2.75, 3.05) is 30.8 Å². The van der Waals surface area contributed by atoms with E-state index >= 15 is 0 Å². The monoisotopic (exact) mass is 266 g/mol. The highest BCUT2D eigenvalue weighted by Crippen LogP contribution is 2.33. The maximum Gasteiger partial charge on any atom is 0.167 e. The van der Waals surface area contributed by atoms with Gasteiger partial charge in [0.1, 0.15) is 0 Å². The Morgan fingerprint density at radius 2 is 2.16 bits per heavy atom. The number of methoxy groups -OCH3 is 1. The number of hydrogen-bond donors (Lipinski definition) is 1. The Morgan fingerprint density at radius 3 is 2.84 bits per heavy atom. The van der Waals surface area contributed by atoms with E-state index < -0.39 is 5.82 Å². The summed E-state index contributed by atoms with van der Waals surface area (Å²) >= 11 is 0. The van der Waals surface area contributed by atoms with Crippen molar-refractivity contribution in [3.8, 4) is 5.75 Å². The fraction of sp³-hybridized carbons (Fsp3) is 0.600. The molecule has 1 aliphatic rings. The second kappa shape index (κ2) is 6.13. The highest BCUT2D eigenvalue weighted by molar-refractivity contribution is 5.70. The number of nitrogen functional groups attached to an aromatic ring is 1. The normalized spacial score (nSPS) is 20.2. The van der Waals surface area contributed by atoms with Crippen molar-refractivity contribution in [2.24, 2.45) is 5.92 Å². The van der Waals surface area contributed by atoms with Crippen molar-refractivity contribution < 1.29 is 9.13 Å². The molecule has 0 saturated carbocycles. The van der Waals surface area contributed by atoms with Crippen LogP contribution in [-0.2, 0) is 0 Å². The largest absolute Gasteiger partial charge is 0.494 e. The molecule has 3 nitrogen and oxygen atoms in total. The number of nitrogens with zero attached hydrogens (tertiary/aromatic N) is 1. The van der Waals surface area contributed by atoms with Gasteiger partial charge in [0.15, 0.2) is 11.6 Å². The van der Waals surface area contributed by atoms with Crippen LogP contribution in [0.2, 0.25) is 0 Å². The van der Waals surface area contributed by atoms with Crippen molar-refractivity contribution >= 4 is 11.4 Å². The van der Waals surface area contributed by atoms with Gasteiger partial charge in [0, 0.05) is 25.2 Å². The van der Waals surface area contributed by atoms with E-state index in [0.29, 0.717) is 5.69 Å². The van der Waals surface area contributed by atoms with Crippen molar-refractivity contribution in [3.63, 3.8) is 0 Å². The highest BCUT2D eigenvalue weighted by Gasteiger charge is 2.19. The number of hydrogen-bond acceptors (Lipinski definition) is 3. The van der Waals surface area contributed by atoms with E-state index in [1.807, 2.05) is 0 Å². The van der Waals surface area contributed by atoms with Gasteiger partial charge >= 0.3 is 0 Å². The average molecular weight is 266 g/mol. The number of ether oxygens (including phenoxy) is 1. The third-order valence-corrected chi connectivity index (χ3v) is 4.07. The lowest BCUT2D eigenvalue weighted by Crippen LogP contribution is -2.25. The minimum Gasteiger partial charge on any atom is -0.494 e. The fourth-order valence-electron chi connectivity index (χ4n) is 2.80. The number of benzene rings is 1. The lowest BCUT2D eigenvalue weighted by Gasteiger charge is -2.25. The minimum atomic E-state index is -0.398. The zero-order valence-corrected chi connectivity index (χ0v) is 11.8. The molecule has 106 valence electrons. The van der Waals surface area contributed by atoms with Gasteiger partial charge in [0.2, 0.25) is 0 Å². The maximum atomic E-state index is 13.6. The van der Waals surface area contributed by atoms with Gasteiger partial charge in [-0.25, -0.2) is 4.39 Å². The van der Waals surface area contributed by atoms with Crippen molar-refractivity contribution in [1.82, 2.24) is 0 Å². The molecule has 1 fully saturated rings. The molecule has 1 atom stereocenters. The SMILES string of the molecule is CCC1CCCN(c2cc(OC)c(F)cc2N)CC1. The van der Waals surface area contributed by atoms with Crippen LogP contribution in [0.1, 0.15) is 32.6 Å². The predicted octanol–water partition coefficient (Wildman–Crippen LogP) is 3.43. The Kier molecular flexibility index (Phi) is 4.51. The molecule has 19 heavy (non-hydrogen) atoms. The highest BCUT2D eigenvalue weighted by atomic mass is 19.1. The summed E-state index contributed by atoms with van der Waals surface area (Å²) in [5.74, 6) is 0.666. The van der Waals surface area contributed by atoms with E-state index in [2.05, 4.69) is 11.8 Å². The molecular weight excluding hydrogens is 243 g/mol. The lowest BCUT2D eigenvalue weighted by molar-refractivity contribution is 0.386. The standard InChI is InChI=1S/C15H23FN2O/c1-3-11-5-4-7-18(8-6-11)14-10-15(19-2)12(16)9-13(14)17/h9-11H,3-8,17H2,1-2H3. The van der Waals surface area contributed by atoms with E-state index in [-0.39, 0.29) is 5.75 Å². The first-order valence-corrected chi connectivity index (χ1v) is 7.03. The molecule has 0 aromatic heterocycles. The Morgan fingerprint density at radius 1 is 1.37 bits per heavy atom. The van der Waals surface area contributed by atoms with Crippen LogP contribution >= 0.6 is 0 Å². The molecule has 0 spiro atoms. The zero-order chi connectivity index (χ0) is 13.8. The number of rotatable bonds is 3. The summed E-state index contributed by atoms with van der Waals surface area (Å²) in [5.41, 5.74) is 7.35. The molecule has 1 heterocycles. The molecule has 0 amide bonds. The first kappa shape index (κ1) is 14.0. The maximum absolute atomic E-state index is 13.6. The Bertz CT molecular complexity index is 436. The van der Waals surface area contributed by atoms with E-state index in [9.17, 15) is 4.39 Å². The van der Waals surface area contributed by atoms with Crippen LogP contribution in [0.3, 0.4) is 0 Å². The van der Waals surface area contributed by atoms with Crippen LogP contribution in [0, 0.1) is 11.7 Å². The van der Waals surface area contributed by atoms with E-state index in [0.717, 1.165) is 31.1 Å². The van der Waals surface area contributed by atoms with Crippen LogP contribution in [0.25, 0.3) is 0 Å². The summed E-state index contributed by atoms with van der Waals surface area (Å²) in [6.07, 6.45) is 4.84. The molecular formula is C15H23FN2O. The van der Waals surface area contributed by atoms with Gasteiger partial charge in [0.05, 0.1) is 18.5 Å². The van der Waals surface area contributed by atoms with Crippen LogP contribution < -0.4 is 15.4 Å². The van der Waals surface area contributed by atoms with Gasteiger partial charge in [-0.1, -0.05) is 13.3 Å². The molecule has 1 saturated heterocycles. The smallest absolute Gasteiger partial charge is 0.167 e. The zero-order valence-electron chi connectivity index (χ0n) is 11.8. The average Bonchev–Trinajstić information content (AvgIpc) is 2.64. The number of anilines is 2. The predicted molar refractivity (Wildman–Crippen MR) is 77.2 cm³/mol. The van der Waals surface area contributed by atoms with Crippen LogP contribution in [0.15, 0.2) is 12.1 Å². The quantitative estimate of drug-likeness (QED) is 0.852. The summed E-state index contributed by atoms with van der Waals surface area (Å²) in [6, 6.07) is 3.08. The van der Waals surface area contributed by atoms with Gasteiger partial charge in [-0.3, -0.25) is 0 Å². The van der Waals surface area contributed by atoms with Crippen molar-refractivity contribution in [1.29, 1.82) is 0 Å². The second-order valence-electron chi connectivity index (χ2n) is 5.24. The Balaban J connectivity index is 2.21. The van der Waals surface area contributed by atoms with E-state index in [4.69, 9.17) is 10.5 Å². The van der Waals surface area contributed by atoms with Crippen LogP contribution in [-0.4, -0.2) is 20.2 Å². The molecule has 0 bridgehead atoms. The van der Waals surface area contributed by atoms with Gasteiger partial charge in [0.25, 0.3) is 0 Å². The molecule has 1 aromatic rings. The molecule has 4 heteroatoms. The van der Waals surface area contributed by atoms with E-state index in [1.54, 1.807) is 6.07 Å². The molecule has 2 rings (SSSR count). The molecule has 1 aliphatic heterocycles. The summed E-state index contributed by atoms with van der Waals surface area (Å²) in [4.78, 5) is 2.26. The third-order valence-electron chi connectivity index (χ3n) is 4.07. The Hall–Kier alpha value is -1.45. The summed E-state index contributed by atoms with van der Waals surface area (Å²) < 4.78 is 18.6. The summed E-state index contributed by atoms with van der Waals surface area (Å²) in [6.45, 7) is 4.21. The third kappa shape index (κ3) is 3.11. The first-order valence-electron chi connectivity index (χ1n) is 7.03. The number of halogens is 1. The summed E-state index contributed by atoms with van der Waals surface area (Å²) in [7, 11) is 1.48. The van der Waals surface area contributed by atoms with Gasteiger partial charge in [-0.2, -0.15) is 0 Å². The minimum absolute atomic E-state index is 0.264. The van der Waals surface area contributed by atoms with Crippen LogP contribution in [0.4, 0.5) is 15.8 Å². The molecule has 0 aliphatic carbocycles. The molecule has 1 unspecified atom stereocenters. The van der Waals surface area contributed by atoms with Gasteiger partial charge in [-0.05, 0) is 25.2 Å². The molecule has 2 N–H and O–H groups in total. The van der Waals surface area contributed by atoms with Gasteiger partial charge in [-0.15, -0.1) is 0 Å². The first-order chi connectivity index (χ1) is 9.15. The van der Waals surface area contributed by atoms with Crippen molar-refractivity contribution in [3.05, 3.63) is 17.9 Å². The van der Waals surface area contributed by atoms with Crippen molar-refractivity contribution in [2.45, 2.75) is 32.6 Å². The second-order valence-corrected chi connectivity index (χ2v) is 5.24.